The highest BCUT2D eigenvalue weighted by molar-refractivity contribution is 5.51. The molecule has 2 heteroatoms. The summed E-state index contributed by atoms with van der Waals surface area (Å²) in [6.45, 7) is 4.82. The van der Waals surface area contributed by atoms with Crippen LogP contribution in [0.1, 0.15) is 19.4 Å². The molecule has 0 aliphatic rings. The molecule has 0 fully saturated rings. The third kappa shape index (κ3) is 4.17. The first kappa shape index (κ1) is 11.8. The summed E-state index contributed by atoms with van der Waals surface area (Å²) in [6, 6.07) is 8.50. The van der Waals surface area contributed by atoms with Crippen LogP contribution >= 0.6 is 0 Å². The number of likely N-dealkylation sites (N-methyl/N-ethyl adjacent to an activating group) is 1. The average molecular weight is 205 g/mol. The zero-order valence-electron chi connectivity index (χ0n) is 9.66. The first-order valence-corrected chi connectivity index (χ1v) is 5.34. The predicted octanol–water partition coefficient (Wildman–Crippen LogP) is 2.71. The lowest BCUT2D eigenvalue weighted by molar-refractivity contribution is 0.340. The van der Waals surface area contributed by atoms with Gasteiger partial charge in [0.25, 0.3) is 0 Å². The van der Waals surface area contributed by atoms with Crippen molar-refractivity contribution in [3.8, 4) is 5.75 Å². The van der Waals surface area contributed by atoms with Gasteiger partial charge < -0.3 is 10.1 Å². The smallest absolute Gasteiger partial charge is 0.119 e. The maximum Gasteiger partial charge on any atom is 0.119 e. The Labute approximate surface area is 92.0 Å². The third-order valence-electron chi connectivity index (χ3n) is 2.22. The fraction of sp³-hybridized carbons (Fsp3) is 0.385. The molecule has 0 amide bonds. The standard InChI is InChI=1S/C13H19NO/c1-4-15-13-9-7-12(8-10-13)6-5-11(2)14-3/h5-11,14H,4H2,1-3H3/b6-5+. The Morgan fingerprint density at radius 3 is 2.53 bits per heavy atom. The summed E-state index contributed by atoms with van der Waals surface area (Å²) < 4.78 is 5.37. The van der Waals surface area contributed by atoms with Gasteiger partial charge in [-0.3, -0.25) is 0 Å². The van der Waals surface area contributed by atoms with E-state index >= 15 is 0 Å². The Hall–Kier alpha value is -1.28. The Kier molecular flexibility index (Phi) is 4.91. The highest BCUT2D eigenvalue weighted by atomic mass is 16.5. The predicted molar refractivity (Wildman–Crippen MR) is 65.2 cm³/mol. The molecule has 0 aliphatic carbocycles. The van der Waals surface area contributed by atoms with Crippen LogP contribution in [0, 0.1) is 0 Å². The third-order valence-corrected chi connectivity index (χ3v) is 2.22. The van der Waals surface area contributed by atoms with E-state index in [1.165, 1.54) is 5.56 Å². The van der Waals surface area contributed by atoms with Crippen LogP contribution in [0.3, 0.4) is 0 Å². The van der Waals surface area contributed by atoms with Crippen molar-refractivity contribution in [2.75, 3.05) is 13.7 Å². The van der Waals surface area contributed by atoms with Gasteiger partial charge in [-0.05, 0) is 38.6 Å². The van der Waals surface area contributed by atoms with Gasteiger partial charge in [0, 0.05) is 6.04 Å². The topological polar surface area (TPSA) is 21.3 Å². The van der Waals surface area contributed by atoms with Gasteiger partial charge in [-0.1, -0.05) is 24.3 Å². The summed E-state index contributed by atoms with van der Waals surface area (Å²) in [5.74, 6) is 0.927. The van der Waals surface area contributed by atoms with Crippen molar-refractivity contribution in [2.45, 2.75) is 19.9 Å². The van der Waals surface area contributed by atoms with Crippen molar-refractivity contribution in [3.63, 3.8) is 0 Å². The van der Waals surface area contributed by atoms with Crippen molar-refractivity contribution in [2.24, 2.45) is 0 Å². The second-order valence-electron chi connectivity index (χ2n) is 3.44. The van der Waals surface area contributed by atoms with Gasteiger partial charge in [-0.2, -0.15) is 0 Å². The van der Waals surface area contributed by atoms with E-state index in [0.717, 1.165) is 5.75 Å². The summed E-state index contributed by atoms with van der Waals surface area (Å²) >= 11 is 0. The summed E-state index contributed by atoms with van der Waals surface area (Å²) in [7, 11) is 1.95. The second-order valence-corrected chi connectivity index (χ2v) is 3.44. The number of nitrogens with one attached hydrogen (secondary N) is 1. The van der Waals surface area contributed by atoms with E-state index in [4.69, 9.17) is 4.74 Å². The normalized spacial score (nSPS) is 13.0. The molecule has 0 aliphatic heterocycles. The van der Waals surface area contributed by atoms with Gasteiger partial charge in [-0.25, -0.2) is 0 Å². The zero-order valence-corrected chi connectivity index (χ0v) is 9.66. The summed E-state index contributed by atoms with van der Waals surface area (Å²) in [5, 5.41) is 3.16. The fourth-order valence-electron chi connectivity index (χ4n) is 1.19. The number of hydrogen-bond acceptors (Lipinski definition) is 2. The van der Waals surface area contributed by atoms with Gasteiger partial charge in [0.1, 0.15) is 5.75 Å². The second kappa shape index (κ2) is 6.25. The molecule has 1 N–H and O–H groups in total. The van der Waals surface area contributed by atoms with Gasteiger partial charge in [0.2, 0.25) is 0 Å². The molecule has 0 spiro atoms. The molecule has 0 saturated carbocycles. The monoisotopic (exact) mass is 205 g/mol. The molecule has 82 valence electrons. The van der Waals surface area contributed by atoms with E-state index in [-0.39, 0.29) is 0 Å². The SMILES string of the molecule is CCOc1ccc(/C=C/C(C)NC)cc1. The van der Waals surface area contributed by atoms with Crippen LogP contribution in [-0.2, 0) is 0 Å². The summed E-state index contributed by atoms with van der Waals surface area (Å²) in [6.07, 6.45) is 4.24. The summed E-state index contributed by atoms with van der Waals surface area (Å²) in [4.78, 5) is 0. The Bertz CT molecular complexity index is 303. The number of benzene rings is 1. The van der Waals surface area contributed by atoms with Crippen LogP contribution in [0.4, 0.5) is 0 Å². The Morgan fingerprint density at radius 1 is 1.33 bits per heavy atom. The minimum absolute atomic E-state index is 0.400. The number of hydrogen-bond donors (Lipinski definition) is 1. The molecule has 0 saturated heterocycles. The van der Waals surface area contributed by atoms with E-state index < -0.39 is 0 Å². The highest BCUT2D eigenvalue weighted by Gasteiger charge is 1.93. The maximum atomic E-state index is 5.37. The number of rotatable bonds is 5. The molecule has 0 bridgehead atoms. The van der Waals surface area contributed by atoms with Gasteiger partial charge in [-0.15, -0.1) is 0 Å². The van der Waals surface area contributed by atoms with E-state index in [1.807, 2.05) is 26.1 Å². The molecule has 1 aromatic carbocycles. The van der Waals surface area contributed by atoms with Gasteiger partial charge in [0.05, 0.1) is 6.61 Å². The highest BCUT2D eigenvalue weighted by Crippen LogP contribution is 2.13. The van der Waals surface area contributed by atoms with E-state index in [1.54, 1.807) is 0 Å². The maximum absolute atomic E-state index is 5.37. The van der Waals surface area contributed by atoms with Crippen molar-refractivity contribution in [3.05, 3.63) is 35.9 Å². The largest absolute Gasteiger partial charge is 0.494 e. The van der Waals surface area contributed by atoms with E-state index in [2.05, 4.69) is 36.5 Å². The minimum atomic E-state index is 0.400. The molecule has 0 aromatic heterocycles. The first-order chi connectivity index (χ1) is 7.26. The van der Waals surface area contributed by atoms with E-state index in [0.29, 0.717) is 12.6 Å². The van der Waals surface area contributed by atoms with Gasteiger partial charge in [0.15, 0.2) is 0 Å². The van der Waals surface area contributed by atoms with Crippen LogP contribution in [-0.4, -0.2) is 19.7 Å². The molecule has 0 radical (unpaired) electrons. The Balaban J connectivity index is 2.60. The van der Waals surface area contributed by atoms with Crippen LogP contribution in [0.15, 0.2) is 30.3 Å². The molecule has 1 aromatic rings. The van der Waals surface area contributed by atoms with Crippen LogP contribution in [0.5, 0.6) is 5.75 Å². The van der Waals surface area contributed by atoms with Crippen molar-refractivity contribution in [1.29, 1.82) is 0 Å². The fourth-order valence-corrected chi connectivity index (χ4v) is 1.19. The van der Waals surface area contributed by atoms with Crippen LogP contribution in [0.25, 0.3) is 6.08 Å². The average Bonchev–Trinajstić information content (AvgIpc) is 2.28. The van der Waals surface area contributed by atoms with E-state index in [9.17, 15) is 0 Å². The van der Waals surface area contributed by atoms with Gasteiger partial charge >= 0.3 is 0 Å². The molecule has 1 atom stereocenters. The molecule has 0 heterocycles. The molecule has 1 rings (SSSR count). The molecule has 15 heavy (non-hydrogen) atoms. The van der Waals surface area contributed by atoms with Crippen LogP contribution < -0.4 is 10.1 Å². The van der Waals surface area contributed by atoms with Crippen molar-refractivity contribution in [1.82, 2.24) is 5.32 Å². The molecule has 1 unspecified atom stereocenters. The van der Waals surface area contributed by atoms with Crippen molar-refractivity contribution >= 4 is 6.08 Å². The lowest BCUT2D eigenvalue weighted by Gasteiger charge is -2.04. The molecular weight excluding hydrogens is 186 g/mol. The lowest BCUT2D eigenvalue weighted by atomic mass is 10.2. The van der Waals surface area contributed by atoms with Crippen LogP contribution in [0.2, 0.25) is 0 Å². The number of ether oxygens (including phenoxy) is 1. The quantitative estimate of drug-likeness (QED) is 0.798. The van der Waals surface area contributed by atoms with Crippen molar-refractivity contribution < 1.29 is 4.74 Å². The summed E-state index contributed by atoms with van der Waals surface area (Å²) in [5.41, 5.74) is 1.19. The molecular formula is C13H19NO. The molecule has 2 nitrogen and oxygen atoms in total. The zero-order chi connectivity index (χ0) is 11.1. The first-order valence-electron chi connectivity index (χ1n) is 5.34. The minimum Gasteiger partial charge on any atom is -0.494 e. The lowest BCUT2D eigenvalue weighted by Crippen LogP contribution is -2.17. The Morgan fingerprint density at radius 2 is 2.00 bits per heavy atom.